The molecule has 0 saturated heterocycles. The SMILES string of the molecule is Cc1ccc2[nH][nH]c(=O)c2c1C(C)C. The van der Waals surface area contributed by atoms with Crippen LogP contribution in [-0.4, -0.2) is 10.2 Å². The Morgan fingerprint density at radius 3 is 2.57 bits per heavy atom. The molecule has 0 amide bonds. The van der Waals surface area contributed by atoms with Gasteiger partial charge >= 0.3 is 0 Å². The van der Waals surface area contributed by atoms with Gasteiger partial charge in [-0.25, -0.2) is 0 Å². The van der Waals surface area contributed by atoms with E-state index in [2.05, 4.69) is 24.0 Å². The van der Waals surface area contributed by atoms with Crippen LogP contribution >= 0.6 is 0 Å². The fourth-order valence-corrected chi connectivity index (χ4v) is 2.00. The molecule has 0 aliphatic heterocycles. The van der Waals surface area contributed by atoms with Gasteiger partial charge in [-0.05, 0) is 30.0 Å². The van der Waals surface area contributed by atoms with Gasteiger partial charge in [0.1, 0.15) is 0 Å². The standard InChI is InChI=1S/C11H14N2O/c1-6(2)9-7(3)4-5-8-10(9)11(14)13-12-8/h4-6H,1-3H3,(H2,12,13,14). The minimum absolute atomic E-state index is 0.0209. The van der Waals surface area contributed by atoms with Crippen LogP contribution in [0.4, 0.5) is 0 Å². The number of hydrogen-bond donors (Lipinski definition) is 2. The topological polar surface area (TPSA) is 48.6 Å². The summed E-state index contributed by atoms with van der Waals surface area (Å²) in [5.41, 5.74) is 3.19. The zero-order chi connectivity index (χ0) is 10.3. The third-order valence-corrected chi connectivity index (χ3v) is 2.58. The Morgan fingerprint density at radius 1 is 1.21 bits per heavy atom. The number of H-pyrrole nitrogens is 2. The van der Waals surface area contributed by atoms with Crippen LogP contribution in [0.3, 0.4) is 0 Å². The van der Waals surface area contributed by atoms with Gasteiger partial charge in [0.25, 0.3) is 5.56 Å². The van der Waals surface area contributed by atoms with Crippen LogP contribution < -0.4 is 5.56 Å². The third kappa shape index (κ3) is 1.16. The molecule has 0 fully saturated rings. The van der Waals surface area contributed by atoms with E-state index in [4.69, 9.17) is 0 Å². The number of aryl methyl sites for hydroxylation is 1. The summed E-state index contributed by atoms with van der Waals surface area (Å²) in [5, 5.41) is 6.30. The van der Waals surface area contributed by atoms with Gasteiger partial charge in [0.2, 0.25) is 0 Å². The molecule has 1 aromatic carbocycles. The predicted octanol–water partition coefficient (Wildman–Crippen LogP) is 2.29. The zero-order valence-corrected chi connectivity index (χ0v) is 8.64. The van der Waals surface area contributed by atoms with Gasteiger partial charge in [-0.3, -0.25) is 15.0 Å². The van der Waals surface area contributed by atoms with Gasteiger partial charge in [0.05, 0.1) is 10.9 Å². The molecule has 2 N–H and O–H groups in total. The van der Waals surface area contributed by atoms with E-state index in [1.54, 1.807) is 0 Å². The molecule has 74 valence electrons. The third-order valence-electron chi connectivity index (χ3n) is 2.58. The maximum atomic E-state index is 11.6. The van der Waals surface area contributed by atoms with Gasteiger partial charge in [-0.2, -0.15) is 0 Å². The van der Waals surface area contributed by atoms with E-state index in [1.807, 2.05) is 19.1 Å². The lowest BCUT2D eigenvalue weighted by atomic mass is 9.94. The van der Waals surface area contributed by atoms with E-state index in [1.165, 1.54) is 5.56 Å². The van der Waals surface area contributed by atoms with Gasteiger partial charge in [0.15, 0.2) is 0 Å². The quantitative estimate of drug-likeness (QED) is 0.712. The minimum Gasteiger partial charge on any atom is -0.298 e. The first kappa shape index (κ1) is 9.06. The molecule has 0 bridgehead atoms. The highest BCUT2D eigenvalue weighted by Gasteiger charge is 2.12. The molecule has 1 heterocycles. The van der Waals surface area contributed by atoms with Crippen LogP contribution in [0.25, 0.3) is 10.9 Å². The molecule has 3 nitrogen and oxygen atoms in total. The highest BCUT2D eigenvalue weighted by Crippen LogP contribution is 2.24. The summed E-state index contributed by atoms with van der Waals surface area (Å²) in [7, 11) is 0. The summed E-state index contributed by atoms with van der Waals surface area (Å²) in [6.45, 7) is 6.25. The summed E-state index contributed by atoms with van der Waals surface area (Å²) >= 11 is 0. The maximum Gasteiger partial charge on any atom is 0.272 e. The second-order valence-corrected chi connectivity index (χ2v) is 3.95. The van der Waals surface area contributed by atoms with Crippen LogP contribution in [0, 0.1) is 6.92 Å². The fraction of sp³-hybridized carbons (Fsp3) is 0.364. The Labute approximate surface area is 82.1 Å². The second-order valence-electron chi connectivity index (χ2n) is 3.95. The molecule has 1 aromatic heterocycles. The Hall–Kier alpha value is -1.51. The summed E-state index contributed by atoms with van der Waals surface area (Å²) in [6.07, 6.45) is 0. The molecule has 0 radical (unpaired) electrons. The van der Waals surface area contributed by atoms with Crippen molar-refractivity contribution in [1.29, 1.82) is 0 Å². The van der Waals surface area contributed by atoms with Crippen molar-refractivity contribution in [3.05, 3.63) is 33.6 Å². The van der Waals surface area contributed by atoms with Crippen molar-refractivity contribution < 1.29 is 0 Å². The number of benzene rings is 1. The molecule has 0 unspecified atom stereocenters. The van der Waals surface area contributed by atoms with Gasteiger partial charge in [0, 0.05) is 0 Å². The van der Waals surface area contributed by atoms with Crippen LogP contribution in [0.5, 0.6) is 0 Å². The van der Waals surface area contributed by atoms with Crippen LogP contribution in [0.2, 0.25) is 0 Å². The fourth-order valence-electron chi connectivity index (χ4n) is 2.00. The number of rotatable bonds is 1. The molecule has 0 aliphatic rings. The Morgan fingerprint density at radius 2 is 1.93 bits per heavy atom. The molecular weight excluding hydrogens is 176 g/mol. The number of fused-ring (bicyclic) bond motifs is 1. The monoisotopic (exact) mass is 190 g/mol. The van der Waals surface area contributed by atoms with E-state index in [-0.39, 0.29) is 5.56 Å². The number of aromatic amines is 2. The van der Waals surface area contributed by atoms with Crippen molar-refractivity contribution in [3.63, 3.8) is 0 Å². The predicted molar refractivity (Wildman–Crippen MR) is 57.7 cm³/mol. The summed E-state index contributed by atoms with van der Waals surface area (Å²) in [6, 6.07) is 3.98. The average molecular weight is 190 g/mol. The lowest BCUT2D eigenvalue weighted by molar-refractivity contribution is 0.866. The van der Waals surface area contributed by atoms with Crippen molar-refractivity contribution in [3.8, 4) is 0 Å². The lowest BCUT2D eigenvalue weighted by Crippen LogP contribution is -2.03. The smallest absolute Gasteiger partial charge is 0.272 e. The van der Waals surface area contributed by atoms with E-state index in [9.17, 15) is 4.79 Å². The molecule has 2 rings (SSSR count). The van der Waals surface area contributed by atoms with Crippen LogP contribution in [0.1, 0.15) is 30.9 Å². The highest BCUT2D eigenvalue weighted by molar-refractivity contribution is 5.83. The molecule has 0 spiro atoms. The van der Waals surface area contributed by atoms with Crippen molar-refractivity contribution in [2.24, 2.45) is 0 Å². The molecule has 0 atom stereocenters. The molecule has 3 heteroatoms. The van der Waals surface area contributed by atoms with E-state index in [0.29, 0.717) is 5.92 Å². The first-order chi connectivity index (χ1) is 6.61. The van der Waals surface area contributed by atoms with E-state index < -0.39 is 0 Å². The summed E-state index contributed by atoms with van der Waals surface area (Å²) in [4.78, 5) is 11.6. The van der Waals surface area contributed by atoms with Gasteiger partial charge in [-0.1, -0.05) is 19.9 Å². The van der Waals surface area contributed by atoms with Crippen LogP contribution in [-0.2, 0) is 0 Å². The number of nitrogens with one attached hydrogen (secondary N) is 2. The Kier molecular flexibility index (Phi) is 1.95. The van der Waals surface area contributed by atoms with Crippen molar-refractivity contribution >= 4 is 10.9 Å². The van der Waals surface area contributed by atoms with Gasteiger partial charge in [-0.15, -0.1) is 0 Å². The largest absolute Gasteiger partial charge is 0.298 e. The second kappa shape index (κ2) is 3.01. The number of hydrogen-bond acceptors (Lipinski definition) is 1. The van der Waals surface area contributed by atoms with Gasteiger partial charge < -0.3 is 0 Å². The zero-order valence-electron chi connectivity index (χ0n) is 8.64. The Bertz CT molecular complexity index is 520. The number of aromatic nitrogens is 2. The maximum absolute atomic E-state index is 11.6. The lowest BCUT2D eigenvalue weighted by Gasteiger charge is -2.09. The summed E-state index contributed by atoms with van der Waals surface area (Å²) < 4.78 is 0. The summed E-state index contributed by atoms with van der Waals surface area (Å²) in [5.74, 6) is 0.371. The minimum atomic E-state index is -0.0209. The molecule has 0 saturated carbocycles. The molecule has 14 heavy (non-hydrogen) atoms. The Balaban J connectivity index is 2.94. The first-order valence-electron chi connectivity index (χ1n) is 4.81. The van der Waals surface area contributed by atoms with E-state index in [0.717, 1.165) is 16.5 Å². The molecule has 2 aromatic rings. The normalized spacial score (nSPS) is 11.4. The van der Waals surface area contributed by atoms with Crippen molar-refractivity contribution in [2.75, 3.05) is 0 Å². The first-order valence-corrected chi connectivity index (χ1v) is 4.81. The van der Waals surface area contributed by atoms with Crippen LogP contribution in [0.15, 0.2) is 16.9 Å². The van der Waals surface area contributed by atoms with Crippen molar-refractivity contribution in [2.45, 2.75) is 26.7 Å². The highest BCUT2D eigenvalue weighted by atomic mass is 16.1. The molecule has 0 aliphatic carbocycles. The van der Waals surface area contributed by atoms with Crippen molar-refractivity contribution in [1.82, 2.24) is 10.2 Å². The average Bonchev–Trinajstić information content (AvgIpc) is 2.47. The van der Waals surface area contributed by atoms with E-state index >= 15 is 0 Å². The molecular formula is C11H14N2O.